The second kappa shape index (κ2) is 4.45. The predicted octanol–water partition coefficient (Wildman–Crippen LogP) is 4.15. The molecule has 0 radical (unpaired) electrons. The van der Waals surface area contributed by atoms with Crippen LogP contribution in [-0.4, -0.2) is 0 Å². The van der Waals surface area contributed by atoms with Crippen LogP contribution in [0.2, 0.25) is 0 Å². The average Bonchev–Trinajstić information content (AvgIpc) is 2.47. The summed E-state index contributed by atoms with van der Waals surface area (Å²) < 4.78 is 0. The van der Waals surface area contributed by atoms with Crippen molar-refractivity contribution < 1.29 is 0 Å². The van der Waals surface area contributed by atoms with Crippen LogP contribution >= 0.6 is 0 Å². The topological polar surface area (TPSA) is 0 Å². The van der Waals surface area contributed by atoms with Gasteiger partial charge < -0.3 is 0 Å². The molecule has 0 N–H and O–H groups in total. The molecule has 0 aliphatic heterocycles. The molecular weight excluding hydrogens is 156 g/mol. The molecule has 0 amide bonds. The molecule has 0 saturated carbocycles. The highest BCUT2D eigenvalue weighted by Crippen LogP contribution is 2.26. The molecule has 0 heterocycles. The van der Waals surface area contributed by atoms with Gasteiger partial charge in [-0.05, 0) is 49.7 Å². The van der Waals surface area contributed by atoms with E-state index in [9.17, 15) is 0 Å². The molecule has 0 heteroatoms. The molecule has 2 aliphatic carbocycles. The van der Waals surface area contributed by atoms with Crippen molar-refractivity contribution in [2.75, 3.05) is 0 Å². The van der Waals surface area contributed by atoms with Gasteiger partial charge in [0.1, 0.15) is 0 Å². The molecule has 0 fully saturated rings. The first-order valence-corrected chi connectivity index (χ1v) is 5.53. The van der Waals surface area contributed by atoms with E-state index in [2.05, 4.69) is 24.3 Å². The lowest BCUT2D eigenvalue weighted by Gasteiger charge is -2.09. The highest BCUT2D eigenvalue weighted by molar-refractivity contribution is 5.41. The molecule has 2 aliphatic rings. The molecule has 0 nitrogen and oxygen atoms in total. The molecule has 0 aromatic rings. The molecule has 0 aromatic heterocycles. The fraction of sp³-hybridized carbons (Fsp3) is 0.538. The summed E-state index contributed by atoms with van der Waals surface area (Å²) in [6.45, 7) is 0. The minimum atomic E-state index is 1.23. The van der Waals surface area contributed by atoms with Crippen molar-refractivity contribution in [3.05, 3.63) is 35.5 Å². The minimum absolute atomic E-state index is 1.23. The first-order chi connectivity index (χ1) is 6.47. The third-order valence-electron chi connectivity index (χ3n) is 2.91. The second-order valence-electron chi connectivity index (χ2n) is 3.97. The average molecular weight is 174 g/mol. The van der Waals surface area contributed by atoms with Gasteiger partial charge in [0.25, 0.3) is 0 Å². The maximum absolute atomic E-state index is 2.45. The maximum atomic E-state index is 2.45. The van der Waals surface area contributed by atoms with Crippen molar-refractivity contribution in [3.63, 3.8) is 0 Å². The van der Waals surface area contributed by atoms with Crippen LogP contribution in [0.1, 0.15) is 44.9 Å². The van der Waals surface area contributed by atoms with Gasteiger partial charge in [-0.2, -0.15) is 0 Å². The van der Waals surface area contributed by atoms with Gasteiger partial charge in [-0.3, -0.25) is 0 Å². The first-order valence-electron chi connectivity index (χ1n) is 5.53. The second-order valence-corrected chi connectivity index (χ2v) is 3.97. The van der Waals surface area contributed by atoms with E-state index in [1.165, 1.54) is 50.5 Å². The Labute approximate surface area is 81.0 Å². The molecule has 0 atom stereocenters. The van der Waals surface area contributed by atoms with E-state index in [4.69, 9.17) is 0 Å². The van der Waals surface area contributed by atoms with Crippen molar-refractivity contribution in [2.24, 2.45) is 0 Å². The van der Waals surface area contributed by atoms with Crippen LogP contribution in [0.4, 0.5) is 0 Å². The summed E-state index contributed by atoms with van der Waals surface area (Å²) in [4.78, 5) is 0. The molecule has 0 aromatic carbocycles. The Morgan fingerprint density at radius 3 is 2.69 bits per heavy atom. The fourth-order valence-corrected chi connectivity index (χ4v) is 2.13. The van der Waals surface area contributed by atoms with Gasteiger partial charge in [-0.1, -0.05) is 30.7 Å². The summed E-state index contributed by atoms with van der Waals surface area (Å²) in [5.41, 5.74) is 3.11. The Morgan fingerprint density at radius 1 is 0.846 bits per heavy atom. The minimum Gasteiger partial charge on any atom is -0.0836 e. The van der Waals surface area contributed by atoms with Gasteiger partial charge in [-0.25, -0.2) is 0 Å². The zero-order valence-corrected chi connectivity index (χ0v) is 8.26. The van der Waals surface area contributed by atoms with Crippen LogP contribution in [0.3, 0.4) is 0 Å². The van der Waals surface area contributed by atoms with Crippen molar-refractivity contribution in [1.82, 2.24) is 0 Å². The lowest BCUT2D eigenvalue weighted by molar-refractivity contribution is 0.712. The quantitative estimate of drug-likeness (QED) is 0.560. The molecular formula is C13H18. The zero-order chi connectivity index (χ0) is 8.93. The molecule has 13 heavy (non-hydrogen) atoms. The summed E-state index contributed by atoms with van der Waals surface area (Å²) in [7, 11) is 0. The van der Waals surface area contributed by atoms with Crippen molar-refractivity contribution in [2.45, 2.75) is 44.9 Å². The van der Waals surface area contributed by atoms with E-state index in [0.29, 0.717) is 0 Å². The highest BCUT2D eigenvalue weighted by Gasteiger charge is 2.06. The lowest BCUT2D eigenvalue weighted by Crippen LogP contribution is -1.90. The van der Waals surface area contributed by atoms with Gasteiger partial charge in [0.15, 0.2) is 0 Å². The van der Waals surface area contributed by atoms with Gasteiger partial charge in [-0.15, -0.1) is 0 Å². The maximum Gasteiger partial charge on any atom is -0.0271 e. The SMILES string of the molecule is C1=CC(C2=CCCCCC2)=CCC1. The van der Waals surface area contributed by atoms with Crippen LogP contribution < -0.4 is 0 Å². The van der Waals surface area contributed by atoms with E-state index in [1.807, 2.05) is 0 Å². The van der Waals surface area contributed by atoms with Crippen LogP contribution in [0.25, 0.3) is 0 Å². The van der Waals surface area contributed by atoms with Gasteiger partial charge in [0.2, 0.25) is 0 Å². The predicted molar refractivity (Wildman–Crippen MR) is 57.6 cm³/mol. The van der Waals surface area contributed by atoms with Crippen LogP contribution in [0.5, 0.6) is 0 Å². The van der Waals surface area contributed by atoms with Crippen molar-refractivity contribution >= 4 is 0 Å². The van der Waals surface area contributed by atoms with Crippen LogP contribution in [-0.2, 0) is 0 Å². The number of hydrogen-bond donors (Lipinski definition) is 0. The monoisotopic (exact) mass is 174 g/mol. The summed E-state index contributed by atoms with van der Waals surface area (Å²) in [5, 5.41) is 0. The largest absolute Gasteiger partial charge is 0.0836 e. The molecule has 0 saturated heterocycles. The van der Waals surface area contributed by atoms with E-state index in [1.54, 1.807) is 5.57 Å². The number of allylic oxidation sites excluding steroid dienone is 6. The molecule has 70 valence electrons. The lowest BCUT2D eigenvalue weighted by atomic mass is 9.96. The standard InChI is InChI=1S/C13H18/c1-2-5-9-12(8-4-1)13-10-6-3-7-11-13/h6,8,10-11H,1-5,7,9H2. The summed E-state index contributed by atoms with van der Waals surface area (Å²) >= 11 is 0. The van der Waals surface area contributed by atoms with E-state index < -0.39 is 0 Å². The van der Waals surface area contributed by atoms with Gasteiger partial charge in [0, 0.05) is 0 Å². The highest BCUT2D eigenvalue weighted by atomic mass is 14.1. The number of hydrogen-bond acceptors (Lipinski definition) is 0. The third-order valence-corrected chi connectivity index (χ3v) is 2.91. The Morgan fingerprint density at radius 2 is 1.85 bits per heavy atom. The Hall–Kier alpha value is -0.780. The van der Waals surface area contributed by atoms with Crippen LogP contribution in [0.15, 0.2) is 35.5 Å². The smallest absolute Gasteiger partial charge is 0.0271 e. The van der Waals surface area contributed by atoms with Crippen molar-refractivity contribution in [1.29, 1.82) is 0 Å². The Kier molecular flexibility index (Phi) is 3.02. The summed E-state index contributed by atoms with van der Waals surface area (Å²) in [6, 6.07) is 0. The van der Waals surface area contributed by atoms with Crippen LogP contribution in [0, 0.1) is 0 Å². The van der Waals surface area contributed by atoms with E-state index >= 15 is 0 Å². The Balaban J connectivity index is 2.09. The molecule has 0 bridgehead atoms. The third kappa shape index (κ3) is 2.33. The van der Waals surface area contributed by atoms with E-state index in [0.717, 1.165) is 0 Å². The Bertz CT molecular complexity index is 253. The zero-order valence-electron chi connectivity index (χ0n) is 8.26. The van der Waals surface area contributed by atoms with E-state index in [-0.39, 0.29) is 0 Å². The molecule has 2 rings (SSSR count). The normalized spacial score (nSPS) is 23.4. The number of rotatable bonds is 1. The van der Waals surface area contributed by atoms with Crippen molar-refractivity contribution in [3.8, 4) is 0 Å². The summed E-state index contributed by atoms with van der Waals surface area (Å²) in [6.07, 6.45) is 18.7. The van der Waals surface area contributed by atoms with Gasteiger partial charge >= 0.3 is 0 Å². The molecule has 0 spiro atoms. The fourth-order valence-electron chi connectivity index (χ4n) is 2.13. The molecule has 0 unspecified atom stereocenters. The first kappa shape index (κ1) is 8.80. The van der Waals surface area contributed by atoms with Gasteiger partial charge in [0.05, 0.1) is 0 Å². The summed E-state index contributed by atoms with van der Waals surface area (Å²) in [5.74, 6) is 0.